The van der Waals surface area contributed by atoms with Crippen molar-refractivity contribution < 1.29 is 9.47 Å². The van der Waals surface area contributed by atoms with Crippen LogP contribution < -0.4 is 10.1 Å². The second-order valence-electron chi connectivity index (χ2n) is 6.18. The molecule has 0 amide bonds. The van der Waals surface area contributed by atoms with Gasteiger partial charge in [-0.15, -0.1) is 0 Å². The van der Waals surface area contributed by atoms with Crippen molar-refractivity contribution in [1.29, 1.82) is 0 Å². The molecule has 0 spiro atoms. The van der Waals surface area contributed by atoms with Gasteiger partial charge in [-0.1, -0.05) is 32.0 Å². The van der Waals surface area contributed by atoms with Gasteiger partial charge in [0.2, 0.25) is 0 Å². The van der Waals surface area contributed by atoms with Crippen LogP contribution >= 0.6 is 0 Å². The molecule has 1 aromatic carbocycles. The van der Waals surface area contributed by atoms with Gasteiger partial charge in [0.1, 0.15) is 5.75 Å². The Morgan fingerprint density at radius 3 is 2.65 bits per heavy atom. The number of benzene rings is 1. The van der Waals surface area contributed by atoms with Crippen LogP contribution in [0.3, 0.4) is 0 Å². The van der Waals surface area contributed by atoms with Crippen molar-refractivity contribution in [3.8, 4) is 5.75 Å². The van der Waals surface area contributed by atoms with E-state index >= 15 is 0 Å². The molecule has 1 aliphatic rings. The lowest BCUT2D eigenvalue weighted by molar-refractivity contribution is -0.116. The Kier molecular flexibility index (Phi) is 4.71. The molecule has 1 aromatic rings. The highest BCUT2D eigenvalue weighted by molar-refractivity contribution is 5.35. The van der Waals surface area contributed by atoms with Crippen LogP contribution in [-0.2, 0) is 4.74 Å². The number of hydrogen-bond donors (Lipinski definition) is 1. The lowest BCUT2D eigenvalue weighted by atomic mass is 9.64. The first-order chi connectivity index (χ1) is 9.50. The normalized spacial score (nSPS) is 25.9. The van der Waals surface area contributed by atoms with Crippen molar-refractivity contribution in [2.24, 2.45) is 5.41 Å². The van der Waals surface area contributed by atoms with Crippen LogP contribution in [0.25, 0.3) is 0 Å². The number of nitrogens with one attached hydrogen (secondary N) is 1. The standard InChI is InChI=1S/C17H27NO2/c1-6-20-16-11-15(17(16,3)4)18-12(2)13-9-7-8-10-14(13)19-5/h7-10,12,15-16,18H,6,11H2,1-5H3/t12-,15?,16?/m0/s1. The van der Waals surface area contributed by atoms with Gasteiger partial charge in [-0.05, 0) is 26.3 Å². The fourth-order valence-electron chi connectivity index (χ4n) is 3.07. The predicted octanol–water partition coefficient (Wildman–Crippen LogP) is 3.55. The fourth-order valence-corrected chi connectivity index (χ4v) is 3.07. The molecular formula is C17H27NO2. The molecule has 1 fully saturated rings. The Bertz CT molecular complexity index is 444. The summed E-state index contributed by atoms with van der Waals surface area (Å²) in [5.74, 6) is 0.950. The molecule has 2 unspecified atom stereocenters. The maximum absolute atomic E-state index is 5.79. The number of ether oxygens (including phenoxy) is 2. The molecule has 0 aromatic heterocycles. The zero-order chi connectivity index (χ0) is 14.8. The molecule has 1 saturated carbocycles. The number of methoxy groups -OCH3 is 1. The van der Waals surface area contributed by atoms with Gasteiger partial charge in [-0.3, -0.25) is 0 Å². The molecule has 1 aliphatic carbocycles. The quantitative estimate of drug-likeness (QED) is 0.862. The van der Waals surface area contributed by atoms with Crippen molar-refractivity contribution >= 4 is 0 Å². The molecule has 0 heterocycles. The van der Waals surface area contributed by atoms with Gasteiger partial charge in [-0.2, -0.15) is 0 Å². The first-order valence-corrected chi connectivity index (χ1v) is 7.51. The molecule has 3 heteroatoms. The van der Waals surface area contributed by atoms with Crippen LogP contribution in [0.5, 0.6) is 5.75 Å². The molecule has 20 heavy (non-hydrogen) atoms. The minimum absolute atomic E-state index is 0.187. The van der Waals surface area contributed by atoms with Gasteiger partial charge in [-0.25, -0.2) is 0 Å². The van der Waals surface area contributed by atoms with Gasteiger partial charge in [0, 0.05) is 29.7 Å². The van der Waals surface area contributed by atoms with Crippen LogP contribution in [0.1, 0.15) is 45.7 Å². The topological polar surface area (TPSA) is 30.5 Å². The van der Waals surface area contributed by atoms with Gasteiger partial charge in [0.05, 0.1) is 13.2 Å². The second-order valence-corrected chi connectivity index (χ2v) is 6.18. The Morgan fingerprint density at radius 1 is 1.35 bits per heavy atom. The van der Waals surface area contributed by atoms with Crippen LogP contribution in [-0.4, -0.2) is 25.9 Å². The molecule has 0 radical (unpaired) electrons. The fraction of sp³-hybridized carbons (Fsp3) is 0.647. The highest BCUT2D eigenvalue weighted by atomic mass is 16.5. The summed E-state index contributed by atoms with van der Waals surface area (Å²) >= 11 is 0. The molecule has 112 valence electrons. The summed E-state index contributed by atoms with van der Waals surface area (Å²) in [4.78, 5) is 0. The largest absolute Gasteiger partial charge is 0.496 e. The lowest BCUT2D eigenvalue weighted by Crippen LogP contribution is -2.61. The molecule has 0 bridgehead atoms. The van der Waals surface area contributed by atoms with Crippen molar-refractivity contribution in [3.63, 3.8) is 0 Å². The van der Waals surface area contributed by atoms with E-state index in [2.05, 4.69) is 45.1 Å². The van der Waals surface area contributed by atoms with Crippen molar-refractivity contribution in [2.75, 3.05) is 13.7 Å². The average Bonchev–Trinajstić information content (AvgIpc) is 2.46. The summed E-state index contributed by atoms with van der Waals surface area (Å²) in [6.45, 7) is 9.62. The van der Waals surface area contributed by atoms with E-state index in [-0.39, 0.29) is 11.5 Å². The van der Waals surface area contributed by atoms with E-state index in [1.54, 1.807) is 7.11 Å². The third kappa shape index (κ3) is 2.84. The van der Waals surface area contributed by atoms with Crippen LogP contribution in [0.2, 0.25) is 0 Å². The van der Waals surface area contributed by atoms with E-state index in [1.165, 1.54) is 5.56 Å². The maximum Gasteiger partial charge on any atom is 0.123 e. The van der Waals surface area contributed by atoms with Crippen molar-refractivity contribution in [2.45, 2.75) is 52.3 Å². The maximum atomic E-state index is 5.79. The van der Waals surface area contributed by atoms with E-state index in [0.717, 1.165) is 18.8 Å². The Labute approximate surface area is 122 Å². The highest BCUT2D eigenvalue weighted by Crippen LogP contribution is 2.44. The van der Waals surface area contributed by atoms with E-state index < -0.39 is 0 Å². The Balaban J connectivity index is 2.01. The third-order valence-corrected chi connectivity index (χ3v) is 4.60. The number of hydrogen-bond acceptors (Lipinski definition) is 3. The van der Waals surface area contributed by atoms with Gasteiger partial charge >= 0.3 is 0 Å². The Morgan fingerprint density at radius 2 is 2.05 bits per heavy atom. The number of para-hydroxylation sites is 1. The molecule has 0 saturated heterocycles. The van der Waals surface area contributed by atoms with Crippen molar-refractivity contribution in [1.82, 2.24) is 5.32 Å². The molecular weight excluding hydrogens is 250 g/mol. The highest BCUT2D eigenvalue weighted by Gasteiger charge is 2.49. The molecule has 0 aliphatic heterocycles. The van der Waals surface area contributed by atoms with Crippen LogP contribution in [0.4, 0.5) is 0 Å². The summed E-state index contributed by atoms with van der Waals surface area (Å²) in [6, 6.07) is 8.97. The smallest absolute Gasteiger partial charge is 0.123 e. The van der Waals surface area contributed by atoms with Gasteiger partial charge < -0.3 is 14.8 Å². The summed E-state index contributed by atoms with van der Waals surface area (Å²) in [5, 5.41) is 3.73. The zero-order valence-corrected chi connectivity index (χ0v) is 13.3. The van der Waals surface area contributed by atoms with E-state index in [9.17, 15) is 0 Å². The molecule has 2 rings (SSSR count). The summed E-state index contributed by atoms with van der Waals surface area (Å²) in [5.41, 5.74) is 1.40. The van der Waals surface area contributed by atoms with E-state index in [0.29, 0.717) is 12.1 Å². The first-order valence-electron chi connectivity index (χ1n) is 7.51. The monoisotopic (exact) mass is 277 g/mol. The first kappa shape index (κ1) is 15.3. The summed E-state index contributed by atoms with van der Waals surface area (Å²) in [7, 11) is 1.73. The van der Waals surface area contributed by atoms with Crippen molar-refractivity contribution in [3.05, 3.63) is 29.8 Å². The number of rotatable bonds is 6. The molecule has 3 atom stereocenters. The minimum atomic E-state index is 0.187. The predicted molar refractivity (Wildman–Crippen MR) is 82.1 cm³/mol. The van der Waals surface area contributed by atoms with Crippen LogP contribution in [0, 0.1) is 5.41 Å². The minimum Gasteiger partial charge on any atom is -0.496 e. The van der Waals surface area contributed by atoms with Gasteiger partial charge in [0.15, 0.2) is 0 Å². The van der Waals surface area contributed by atoms with E-state index in [1.807, 2.05) is 12.1 Å². The third-order valence-electron chi connectivity index (χ3n) is 4.60. The Hall–Kier alpha value is -1.06. The molecule has 3 nitrogen and oxygen atoms in total. The van der Waals surface area contributed by atoms with Gasteiger partial charge in [0.25, 0.3) is 0 Å². The van der Waals surface area contributed by atoms with Crippen LogP contribution in [0.15, 0.2) is 24.3 Å². The lowest BCUT2D eigenvalue weighted by Gasteiger charge is -2.52. The van der Waals surface area contributed by atoms with E-state index in [4.69, 9.17) is 9.47 Å². The zero-order valence-electron chi connectivity index (χ0n) is 13.3. The second kappa shape index (κ2) is 6.15. The summed E-state index contributed by atoms with van der Waals surface area (Å²) < 4.78 is 11.2. The SMILES string of the molecule is CCOC1CC(N[C@@H](C)c2ccccc2OC)C1(C)C. The average molecular weight is 277 g/mol. The molecule has 1 N–H and O–H groups in total. The summed E-state index contributed by atoms with van der Waals surface area (Å²) in [6.07, 6.45) is 1.45.